The second kappa shape index (κ2) is 10.1. The van der Waals surface area contributed by atoms with Gasteiger partial charge in [0.1, 0.15) is 0 Å². The van der Waals surface area contributed by atoms with Gasteiger partial charge in [0.15, 0.2) is 0 Å². The van der Waals surface area contributed by atoms with E-state index in [0.29, 0.717) is 6.54 Å². The van der Waals surface area contributed by atoms with Crippen LogP contribution in [0, 0.1) is 19.8 Å². The molecule has 1 aliphatic rings. The van der Waals surface area contributed by atoms with Crippen LogP contribution in [0.25, 0.3) is 0 Å². The third kappa shape index (κ3) is 5.32. The summed E-state index contributed by atoms with van der Waals surface area (Å²) >= 11 is 0. The quantitative estimate of drug-likeness (QED) is 0.456. The minimum Gasteiger partial charge on any atom is -0.331 e. The Morgan fingerprint density at radius 2 is 1.54 bits per heavy atom. The van der Waals surface area contributed by atoms with Crippen molar-refractivity contribution in [1.29, 1.82) is 0 Å². The highest BCUT2D eigenvalue weighted by atomic mass is 16.2. The molecule has 1 N–H and O–H groups in total. The minimum atomic E-state index is -0.335. The van der Waals surface area contributed by atoms with E-state index in [2.05, 4.69) is 38.2 Å². The number of rotatable bonds is 4. The zero-order valence-electron chi connectivity index (χ0n) is 21.5. The van der Waals surface area contributed by atoms with Crippen molar-refractivity contribution < 1.29 is 9.59 Å². The number of carbonyl (C=O) groups is 2. The van der Waals surface area contributed by atoms with Gasteiger partial charge in [-0.1, -0.05) is 81.4 Å². The number of likely N-dealkylation sites (tertiary alicyclic amines) is 1. The molecule has 4 rings (SSSR count). The number of anilines is 1. The maximum absolute atomic E-state index is 13.9. The summed E-state index contributed by atoms with van der Waals surface area (Å²) in [4.78, 5) is 29.5. The van der Waals surface area contributed by atoms with E-state index in [1.807, 2.05) is 79.4 Å². The summed E-state index contributed by atoms with van der Waals surface area (Å²) in [5.41, 5.74) is 5.63. The first-order chi connectivity index (χ1) is 16.7. The standard InChI is InChI=1S/C31H36N2O2/c1-21-12-9-13-22(2)27(21)30(35)33-19-11-18-26(28(33)23-14-7-6-8-15-23)29(34)32-25-17-10-16-24(20-25)31(3,4)5/h6-10,12-17,20,26,28H,11,18-19H2,1-5H3,(H,32,34)/t26-,28-/m0/s1. The smallest absolute Gasteiger partial charge is 0.254 e. The average molecular weight is 469 g/mol. The lowest BCUT2D eigenvalue weighted by Crippen LogP contribution is -2.46. The third-order valence-corrected chi connectivity index (χ3v) is 7.06. The molecule has 4 nitrogen and oxygen atoms in total. The van der Waals surface area contributed by atoms with Crippen molar-refractivity contribution in [3.05, 3.63) is 101 Å². The molecule has 0 unspecified atom stereocenters. The Morgan fingerprint density at radius 1 is 0.886 bits per heavy atom. The predicted molar refractivity (Wildman–Crippen MR) is 143 cm³/mol. The summed E-state index contributed by atoms with van der Waals surface area (Å²) in [5.74, 6) is -0.372. The minimum absolute atomic E-state index is 0.00156. The molecule has 0 spiro atoms. The number of aryl methyl sites for hydroxylation is 2. The highest BCUT2D eigenvalue weighted by molar-refractivity contribution is 5.99. The molecule has 0 radical (unpaired) electrons. The summed E-state index contributed by atoms with van der Waals surface area (Å²) in [6.45, 7) is 11.1. The first-order valence-electron chi connectivity index (χ1n) is 12.5. The van der Waals surface area contributed by atoms with Crippen LogP contribution in [0.1, 0.15) is 72.3 Å². The van der Waals surface area contributed by atoms with Gasteiger partial charge in [-0.25, -0.2) is 0 Å². The monoisotopic (exact) mass is 468 g/mol. The van der Waals surface area contributed by atoms with E-state index >= 15 is 0 Å². The SMILES string of the molecule is Cc1cccc(C)c1C(=O)N1CCC[C@H](C(=O)Nc2cccc(C(C)(C)C)c2)[C@@H]1c1ccccc1. The molecule has 1 aliphatic heterocycles. The maximum atomic E-state index is 13.9. The fraction of sp³-hybridized carbons (Fsp3) is 0.355. The van der Waals surface area contributed by atoms with Crippen molar-refractivity contribution in [2.75, 3.05) is 11.9 Å². The van der Waals surface area contributed by atoms with Gasteiger partial charge in [-0.05, 0) is 66.5 Å². The van der Waals surface area contributed by atoms with Crippen molar-refractivity contribution in [2.45, 2.75) is 58.9 Å². The molecule has 4 heteroatoms. The zero-order chi connectivity index (χ0) is 25.2. The van der Waals surface area contributed by atoms with Crippen LogP contribution in [0.4, 0.5) is 5.69 Å². The number of carbonyl (C=O) groups excluding carboxylic acids is 2. The van der Waals surface area contributed by atoms with E-state index in [1.165, 1.54) is 5.56 Å². The van der Waals surface area contributed by atoms with Crippen LogP contribution in [0.5, 0.6) is 0 Å². The Labute approximate surface area is 209 Å². The van der Waals surface area contributed by atoms with Gasteiger partial charge in [-0.15, -0.1) is 0 Å². The van der Waals surface area contributed by atoms with E-state index in [-0.39, 0.29) is 29.2 Å². The first-order valence-corrected chi connectivity index (χ1v) is 12.5. The maximum Gasteiger partial charge on any atom is 0.254 e. The van der Waals surface area contributed by atoms with E-state index in [0.717, 1.165) is 40.8 Å². The molecule has 0 aromatic heterocycles. The molecule has 182 valence electrons. The predicted octanol–water partition coefficient (Wildman–Crippen LogP) is 6.83. The Hall–Kier alpha value is -3.40. The van der Waals surface area contributed by atoms with E-state index in [9.17, 15) is 9.59 Å². The molecular weight excluding hydrogens is 432 g/mol. The lowest BCUT2D eigenvalue weighted by atomic mass is 9.83. The summed E-state index contributed by atoms with van der Waals surface area (Å²) in [6.07, 6.45) is 1.53. The summed E-state index contributed by atoms with van der Waals surface area (Å²) < 4.78 is 0. The molecule has 1 fully saturated rings. The Morgan fingerprint density at radius 3 is 2.20 bits per heavy atom. The number of hydrogen-bond donors (Lipinski definition) is 1. The first kappa shape index (κ1) is 24.7. The Bertz CT molecular complexity index is 1190. The van der Waals surface area contributed by atoms with Crippen LogP contribution in [0.15, 0.2) is 72.8 Å². The topological polar surface area (TPSA) is 49.4 Å². The summed E-state index contributed by atoms with van der Waals surface area (Å²) in [5, 5.41) is 3.17. The molecule has 2 atom stereocenters. The number of nitrogens with one attached hydrogen (secondary N) is 1. The highest BCUT2D eigenvalue weighted by Crippen LogP contribution is 2.38. The fourth-order valence-electron chi connectivity index (χ4n) is 5.15. The normalized spacial score (nSPS) is 18.3. The number of piperidine rings is 1. The second-order valence-corrected chi connectivity index (χ2v) is 10.7. The Balaban J connectivity index is 1.68. The Kier molecular flexibility index (Phi) is 7.11. The lowest BCUT2D eigenvalue weighted by molar-refractivity contribution is -0.123. The molecule has 0 aliphatic carbocycles. The number of nitrogens with zero attached hydrogens (tertiary/aromatic N) is 1. The highest BCUT2D eigenvalue weighted by Gasteiger charge is 2.40. The lowest BCUT2D eigenvalue weighted by Gasteiger charge is -2.41. The number of amides is 2. The van der Waals surface area contributed by atoms with Gasteiger partial charge in [0.25, 0.3) is 5.91 Å². The van der Waals surface area contributed by atoms with Gasteiger partial charge in [-0.3, -0.25) is 9.59 Å². The van der Waals surface area contributed by atoms with Gasteiger partial charge in [0, 0.05) is 17.8 Å². The second-order valence-electron chi connectivity index (χ2n) is 10.7. The van der Waals surface area contributed by atoms with E-state index in [4.69, 9.17) is 0 Å². The third-order valence-electron chi connectivity index (χ3n) is 7.06. The van der Waals surface area contributed by atoms with Crippen LogP contribution in [0.3, 0.4) is 0 Å². The largest absolute Gasteiger partial charge is 0.331 e. The van der Waals surface area contributed by atoms with Crippen molar-refractivity contribution in [2.24, 2.45) is 5.92 Å². The summed E-state index contributed by atoms with van der Waals surface area (Å²) in [7, 11) is 0. The molecule has 2 amide bonds. The fourth-order valence-corrected chi connectivity index (χ4v) is 5.15. The van der Waals surface area contributed by atoms with E-state index in [1.54, 1.807) is 0 Å². The molecular formula is C31H36N2O2. The molecule has 3 aromatic carbocycles. The van der Waals surface area contributed by atoms with Gasteiger partial charge >= 0.3 is 0 Å². The van der Waals surface area contributed by atoms with Gasteiger partial charge in [-0.2, -0.15) is 0 Å². The molecule has 0 bridgehead atoms. The van der Waals surface area contributed by atoms with Gasteiger partial charge in [0.2, 0.25) is 5.91 Å². The zero-order valence-corrected chi connectivity index (χ0v) is 21.5. The van der Waals surface area contributed by atoms with Gasteiger partial charge < -0.3 is 10.2 Å². The summed E-state index contributed by atoms with van der Waals surface area (Å²) in [6, 6.07) is 23.7. The molecule has 3 aromatic rings. The van der Waals surface area contributed by atoms with Crippen LogP contribution in [-0.2, 0) is 10.2 Å². The van der Waals surface area contributed by atoms with Crippen LogP contribution in [0.2, 0.25) is 0 Å². The van der Waals surface area contributed by atoms with Crippen LogP contribution < -0.4 is 5.32 Å². The average Bonchev–Trinajstić information content (AvgIpc) is 2.83. The van der Waals surface area contributed by atoms with Gasteiger partial charge in [0.05, 0.1) is 12.0 Å². The van der Waals surface area contributed by atoms with Crippen molar-refractivity contribution in [3.63, 3.8) is 0 Å². The van der Waals surface area contributed by atoms with Crippen LogP contribution in [-0.4, -0.2) is 23.3 Å². The molecule has 1 saturated heterocycles. The van der Waals surface area contributed by atoms with Crippen LogP contribution >= 0.6 is 0 Å². The number of hydrogen-bond acceptors (Lipinski definition) is 2. The molecule has 0 saturated carbocycles. The van der Waals surface area contributed by atoms with Crippen molar-refractivity contribution >= 4 is 17.5 Å². The molecule has 1 heterocycles. The van der Waals surface area contributed by atoms with E-state index < -0.39 is 0 Å². The number of benzene rings is 3. The van der Waals surface area contributed by atoms with Crippen molar-refractivity contribution in [3.8, 4) is 0 Å². The molecule has 35 heavy (non-hydrogen) atoms. The van der Waals surface area contributed by atoms with Crippen molar-refractivity contribution in [1.82, 2.24) is 4.90 Å².